The summed E-state index contributed by atoms with van der Waals surface area (Å²) >= 11 is 0. The van der Waals surface area contributed by atoms with E-state index in [1.54, 1.807) is 12.1 Å². The average molecular weight is 390 g/mol. The van der Waals surface area contributed by atoms with Crippen LogP contribution in [0.4, 0.5) is 0 Å². The number of benzene rings is 2. The number of hydrogen-bond donors (Lipinski definition) is 1. The summed E-state index contributed by atoms with van der Waals surface area (Å²) in [6, 6.07) is 13.0. The first-order chi connectivity index (χ1) is 12.8. The predicted molar refractivity (Wildman–Crippen MR) is 111 cm³/mol. The highest BCUT2D eigenvalue weighted by Crippen LogP contribution is 2.19. The monoisotopic (exact) mass is 389 g/mol. The lowest BCUT2D eigenvalue weighted by Gasteiger charge is -2.36. The summed E-state index contributed by atoms with van der Waals surface area (Å²) in [4.78, 5) is 5.17. The number of sulfonamides is 1. The van der Waals surface area contributed by atoms with Gasteiger partial charge < -0.3 is 4.90 Å². The van der Waals surface area contributed by atoms with Crippen LogP contribution in [0.3, 0.4) is 0 Å². The van der Waals surface area contributed by atoms with Gasteiger partial charge in [-0.15, -0.1) is 0 Å². The first-order valence-electron chi connectivity index (χ1n) is 9.79. The van der Waals surface area contributed by atoms with Crippen LogP contribution in [0.15, 0.2) is 47.4 Å². The highest BCUT2D eigenvalue weighted by molar-refractivity contribution is 7.89. The number of fused-ring (bicyclic) bond motifs is 1. The molecule has 0 saturated carbocycles. The van der Waals surface area contributed by atoms with Gasteiger partial charge in [0.25, 0.3) is 0 Å². The van der Waals surface area contributed by atoms with Crippen molar-refractivity contribution in [2.75, 3.05) is 39.3 Å². The molecule has 1 heterocycles. The molecule has 1 aliphatic rings. The zero-order chi connectivity index (χ0) is 19.4. The molecule has 0 amide bonds. The van der Waals surface area contributed by atoms with E-state index >= 15 is 0 Å². The fourth-order valence-corrected chi connectivity index (χ4v) is 5.03. The molecule has 0 unspecified atom stereocenters. The smallest absolute Gasteiger partial charge is 0.240 e. The second-order valence-electron chi connectivity index (χ2n) is 8.03. The Labute approximate surface area is 163 Å². The molecule has 27 heavy (non-hydrogen) atoms. The molecule has 0 radical (unpaired) electrons. The molecule has 0 aromatic heterocycles. The molecule has 2 aromatic rings. The molecule has 0 aliphatic carbocycles. The van der Waals surface area contributed by atoms with Gasteiger partial charge in [-0.25, -0.2) is 13.1 Å². The summed E-state index contributed by atoms with van der Waals surface area (Å²) in [5, 5.41) is 1.98. The van der Waals surface area contributed by atoms with Gasteiger partial charge in [-0.05, 0) is 35.7 Å². The van der Waals surface area contributed by atoms with E-state index in [0.717, 1.165) is 50.0 Å². The van der Waals surface area contributed by atoms with Crippen LogP contribution in [0.2, 0.25) is 0 Å². The van der Waals surface area contributed by atoms with Gasteiger partial charge in [-0.3, -0.25) is 4.90 Å². The van der Waals surface area contributed by atoms with Crippen LogP contribution in [0.25, 0.3) is 10.8 Å². The van der Waals surface area contributed by atoms with Crippen molar-refractivity contribution in [3.05, 3.63) is 42.5 Å². The van der Waals surface area contributed by atoms with Crippen LogP contribution in [0.5, 0.6) is 0 Å². The molecule has 6 heteroatoms. The van der Waals surface area contributed by atoms with Crippen molar-refractivity contribution < 1.29 is 8.42 Å². The van der Waals surface area contributed by atoms with E-state index in [0.29, 0.717) is 10.8 Å². The zero-order valence-corrected chi connectivity index (χ0v) is 17.4. The van der Waals surface area contributed by atoms with Crippen molar-refractivity contribution in [3.8, 4) is 0 Å². The van der Waals surface area contributed by atoms with Gasteiger partial charge in [0.1, 0.15) is 0 Å². The van der Waals surface area contributed by atoms with Gasteiger partial charge in [0, 0.05) is 45.3 Å². The fourth-order valence-electron chi connectivity index (χ4n) is 3.76. The van der Waals surface area contributed by atoms with Gasteiger partial charge in [0.05, 0.1) is 4.90 Å². The minimum absolute atomic E-state index is 0.127. The predicted octanol–water partition coefficient (Wildman–Crippen LogP) is 2.78. The zero-order valence-electron chi connectivity index (χ0n) is 16.6. The third-order valence-electron chi connectivity index (χ3n) is 5.01. The Bertz CT molecular complexity index is 859. The molecule has 1 N–H and O–H groups in total. The highest BCUT2D eigenvalue weighted by Gasteiger charge is 2.22. The molecule has 1 atom stereocenters. The Hall–Kier alpha value is -1.47. The van der Waals surface area contributed by atoms with Crippen molar-refractivity contribution in [2.24, 2.45) is 5.92 Å². The molecule has 2 aromatic carbocycles. The lowest BCUT2D eigenvalue weighted by Crippen LogP contribution is -2.51. The van der Waals surface area contributed by atoms with E-state index in [1.807, 2.05) is 37.3 Å². The Morgan fingerprint density at radius 3 is 2.11 bits per heavy atom. The maximum Gasteiger partial charge on any atom is 0.240 e. The number of rotatable bonds is 7. The van der Waals surface area contributed by atoms with Crippen molar-refractivity contribution in [1.82, 2.24) is 14.5 Å². The minimum atomic E-state index is -3.52. The maximum atomic E-state index is 12.8. The maximum absolute atomic E-state index is 12.8. The fraction of sp³-hybridized carbons (Fsp3) is 0.524. The minimum Gasteiger partial charge on any atom is -0.301 e. The van der Waals surface area contributed by atoms with E-state index in [9.17, 15) is 8.42 Å². The normalized spacial score (nSPS) is 18.2. The number of piperazine rings is 1. The number of hydrogen-bond acceptors (Lipinski definition) is 4. The van der Waals surface area contributed by atoms with Gasteiger partial charge in [0.15, 0.2) is 0 Å². The van der Waals surface area contributed by atoms with Crippen LogP contribution < -0.4 is 4.72 Å². The lowest BCUT2D eigenvalue weighted by molar-refractivity contribution is 0.117. The molecular weight excluding hydrogens is 358 g/mol. The first-order valence-corrected chi connectivity index (χ1v) is 11.3. The molecular formula is C21H31N3O2S. The van der Waals surface area contributed by atoms with Crippen LogP contribution >= 0.6 is 0 Å². The molecule has 0 spiro atoms. The van der Waals surface area contributed by atoms with Gasteiger partial charge in [-0.1, -0.05) is 44.2 Å². The average Bonchev–Trinajstić information content (AvgIpc) is 2.62. The van der Waals surface area contributed by atoms with Crippen molar-refractivity contribution >= 4 is 20.8 Å². The third-order valence-corrected chi connectivity index (χ3v) is 6.60. The quantitative estimate of drug-likeness (QED) is 0.791. The van der Waals surface area contributed by atoms with E-state index in [1.165, 1.54) is 0 Å². The van der Waals surface area contributed by atoms with E-state index in [-0.39, 0.29) is 6.04 Å². The lowest BCUT2D eigenvalue weighted by atomic mass is 10.1. The molecule has 0 bridgehead atoms. The van der Waals surface area contributed by atoms with Crippen LogP contribution in [-0.4, -0.2) is 63.5 Å². The van der Waals surface area contributed by atoms with Gasteiger partial charge >= 0.3 is 0 Å². The van der Waals surface area contributed by atoms with Crippen LogP contribution in [0, 0.1) is 5.92 Å². The summed E-state index contributed by atoms with van der Waals surface area (Å²) < 4.78 is 28.4. The van der Waals surface area contributed by atoms with Gasteiger partial charge in [0.2, 0.25) is 10.0 Å². The molecule has 148 valence electrons. The summed E-state index contributed by atoms with van der Waals surface area (Å²) in [5.41, 5.74) is 0. The van der Waals surface area contributed by atoms with Crippen molar-refractivity contribution in [3.63, 3.8) is 0 Å². The molecule has 3 rings (SSSR count). The van der Waals surface area contributed by atoms with Crippen LogP contribution in [0.1, 0.15) is 20.8 Å². The molecule has 1 saturated heterocycles. The number of nitrogens with one attached hydrogen (secondary N) is 1. The molecule has 5 nitrogen and oxygen atoms in total. The van der Waals surface area contributed by atoms with Crippen LogP contribution in [-0.2, 0) is 10.0 Å². The van der Waals surface area contributed by atoms with Gasteiger partial charge in [-0.2, -0.15) is 0 Å². The Morgan fingerprint density at radius 2 is 1.48 bits per heavy atom. The van der Waals surface area contributed by atoms with Crippen molar-refractivity contribution in [2.45, 2.75) is 31.7 Å². The third kappa shape index (κ3) is 5.51. The summed E-state index contributed by atoms with van der Waals surface area (Å²) in [6.07, 6.45) is 0. The highest BCUT2D eigenvalue weighted by atomic mass is 32.2. The van der Waals surface area contributed by atoms with E-state index < -0.39 is 10.0 Å². The first kappa shape index (κ1) is 20.3. The topological polar surface area (TPSA) is 52.6 Å². The van der Waals surface area contributed by atoms with Crippen molar-refractivity contribution in [1.29, 1.82) is 0 Å². The second-order valence-corrected chi connectivity index (χ2v) is 9.74. The Balaban J connectivity index is 1.57. The standard InChI is InChI=1S/C21H31N3O2S/c1-17(2)15-23-10-12-24(13-11-23)16-18(3)22-27(25,26)21-9-8-19-6-4-5-7-20(19)14-21/h4-9,14,17-18,22H,10-13,15-16H2,1-3H3/t18-/m1/s1. The second kappa shape index (κ2) is 8.69. The summed E-state index contributed by atoms with van der Waals surface area (Å²) in [5.74, 6) is 0.684. The summed E-state index contributed by atoms with van der Waals surface area (Å²) in [7, 11) is -3.52. The van der Waals surface area contributed by atoms with E-state index in [4.69, 9.17) is 0 Å². The Kier molecular flexibility index (Phi) is 6.52. The largest absolute Gasteiger partial charge is 0.301 e. The summed E-state index contributed by atoms with van der Waals surface area (Å²) in [6.45, 7) is 12.4. The number of nitrogens with zero attached hydrogens (tertiary/aromatic N) is 2. The SMILES string of the molecule is CC(C)CN1CCN(C[C@@H](C)NS(=O)(=O)c2ccc3ccccc3c2)CC1. The molecule has 1 fully saturated rings. The molecule has 1 aliphatic heterocycles. The van der Waals surface area contributed by atoms with E-state index in [2.05, 4.69) is 28.4 Å². The Morgan fingerprint density at radius 1 is 0.889 bits per heavy atom.